The van der Waals surface area contributed by atoms with Crippen molar-refractivity contribution < 1.29 is 14.7 Å². The fourth-order valence-electron chi connectivity index (χ4n) is 1.84. The zero-order valence-corrected chi connectivity index (χ0v) is 11.8. The van der Waals surface area contributed by atoms with Crippen molar-refractivity contribution in [1.29, 1.82) is 0 Å². The van der Waals surface area contributed by atoms with Crippen LogP contribution in [0.15, 0.2) is 30.6 Å². The molecule has 2 aromatic rings. The smallest absolute Gasteiger partial charge is 0.326 e. The number of aromatic nitrogens is 2. The summed E-state index contributed by atoms with van der Waals surface area (Å²) in [6.45, 7) is 0. The van der Waals surface area contributed by atoms with Crippen molar-refractivity contribution in [2.45, 2.75) is 12.5 Å². The van der Waals surface area contributed by atoms with Crippen molar-refractivity contribution in [1.82, 2.24) is 14.9 Å². The fourth-order valence-corrected chi connectivity index (χ4v) is 2.31. The molecule has 0 aromatic carbocycles. The Kier molecular flexibility index (Phi) is 4.62. The molecule has 6 nitrogen and oxygen atoms in total. The number of fused-ring (bicyclic) bond motifs is 1. The molecule has 0 radical (unpaired) electrons. The lowest BCUT2D eigenvalue weighted by Gasteiger charge is -2.13. The van der Waals surface area contributed by atoms with E-state index in [0.717, 1.165) is 0 Å². The first-order valence-electron chi connectivity index (χ1n) is 6.08. The molecule has 7 heteroatoms. The van der Waals surface area contributed by atoms with Crippen LogP contribution in [0.2, 0.25) is 0 Å². The lowest BCUT2D eigenvalue weighted by Crippen LogP contribution is -2.41. The van der Waals surface area contributed by atoms with E-state index in [1.165, 1.54) is 6.20 Å². The molecule has 20 heavy (non-hydrogen) atoms. The summed E-state index contributed by atoms with van der Waals surface area (Å²) in [6.07, 6.45) is 5.46. The minimum absolute atomic E-state index is 0.376. The second kappa shape index (κ2) is 6.42. The van der Waals surface area contributed by atoms with E-state index in [4.69, 9.17) is 5.11 Å². The number of hydrogen-bond acceptors (Lipinski definition) is 4. The maximum atomic E-state index is 12.2. The van der Waals surface area contributed by atoms with Gasteiger partial charge in [-0.05, 0) is 30.6 Å². The average molecular weight is 293 g/mol. The second-order valence-corrected chi connectivity index (χ2v) is 5.22. The highest BCUT2D eigenvalue weighted by atomic mass is 32.2. The molecule has 2 N–H and O–H groups in total. The number of rotatable bonds is 6. The summed E-state index contributed by atoms with van der Waals surface area (Å²) in [5.41, 5.74) is 1.03. The molecule has 0 bridgehead atoms. The van der Waals surface area contributed by atoms with E-state index < -0.39 is 17.9 Å². The SMILES string of the molecule is CSCC[C@@H](NC(=O)c1cnn2ccccc12)C(=O)O. The molecule has 0 aliphatic rings. The Morgan fingerprint density at radius 1 is 1.50 bits per heavy atom. The monoisotopic (exact) mass is 293 g/mol. The van der Waals surface area contributed by atoms with Gasteiger partial charge in [0.05, 0.1) is 17.3 Å². The number of nitrogens with one attached hydrogen (secondary N) is 1. The molecule has 2 rings (SSSR count). The Labute approximate surface area is 120 Å². The van der Waals surface area contributed by atoms with Crippen LogP contribution in [0.1, 0.15) is 16.8 Å². The van der Waals surface area contributed by atoms with E-state index >= 15 is 0 Å². The number of carboxylic acid groups (broad SMARTS) is 1. The summed E-state index contributed by atoms with van der Waals surface area (Å²) in [5.74, 6) is -0.769. The molecular weight excluding hydrogens is 278 g/mol. The molecule has 106 valence electrons. The number of pyridine rings is 1. The van der Waals surface area contributed by atoms with Gasteiger partial charge < -0.3 is 10.4 Å². The summed E-state index contributed by atoms with van der Waals surface area (Å²) in [4.78, 5) is 23.3. The van der Waals surface area contributed by atoms with Crippen LogP contribution < -0.4 is 5.32 Å². The van der Waals surface area contributed by atoms with Crippen LogP contribution in [0.5, 0.6) is 0 Å². The van der Waals surface area contributed by atoms with E-state index in [-0.39, 0.29) is 0 Å². The summed E-state index contributed by atoms with van der Waals surface area (Å²) in [7, 11) is 0. The number of hydrogen-bond donors (Lipinski definition) is 2. The van der Waals surface area contributed by atoms with E-state index in [1.807, 2.05) is 6.26 Å². The number of nitrogens with zero attached hydrogens (tertiary/aromatic N) is 2. The predicted molar refractivity (Wildman–Crippen MR) is 77.1 cm³/mol. The van der Waals surface area contributed by atoms with Gasteiger partial charge in [0.1, 0.15) is 6.04 Å². The minimum Gasteiger partial charge on any atom is -0.480 e. The Morgan fingerprint density at radius 3 is 3.00 bits per heavy atom. The zero-order chi connectivity index (χ0) is 14.5. The van der Waals surface area contributed by atoms with Gasteiger partial charge in [-0.3, -0.25) is 4.79 Å². The number of aliphatic carboxylic acids is 1. The molecule has 0 aliphatic carbocycles. The van der Waals surface area contributed by atoms with Gasteiger partial charge >= 0.3 is 5.97 Å². The Morgan fingerprint density at radius 2 is 2.30 bits per heavy atom. The fraction of sp³-hybridized carbons (Fsp3) is 0.308. The molecule has 2 heterocycles. The van der Waals surface area contributed by atoms with Crippen LogP contribution in [-0.4, -0.2) is 44.6 Å². The Hall–Kier alpha value is -2.02. The number of carboxylic acids is 1. The van der Waals surface area contributed by atoms with Crippen LogP contribution in [0.25, 0.3) is 5.52 Å². The summed E-state index contributed by atoms with van der Waals surface area (Å²) < 4.78 is 1.58. The predicted octanol–water partition coefficient (Wildman–Crippen LogP) is 1.27. The third-order valence-corrected chi connectivity index (χ3v) is 3.53. The molecular formula is C13H15N3O3S. The largest absolute Gasteiger partial charge is 0.480 e. The van der Waals surface area contributed by atoms with Gasteiger partial charge in [0.2, 0.25) is 0 Å². The maximum Gasteiger partial charge on any atom is 0.326 e. The lowest BCUT2D eigenvalue weighted by molar-refractivity contribution is -0.139. The first-order chi connectivity index (χ1) is 9.63. The van der Waals surface area contributed by atoms with Crippen molar-refractivity contribution in [2.24, 2.45) is 0 Å². The molecule has 0 saturated heterocycles. The van der Waals surface area contributed by atoms with Gasteiger partial charge in [-0.15, -0.1) is 0 Å². The van der Waals surface area contributed by atoms with Crippen molar-refractivity contribution in [3.63, 3.8) is 0 Å². The molecule has 0 fully saturated rings. The minimum atomic E-state index is -1.02. The normalized spacial score (nSPS) is 12.2. The number of amides is 1. The van der Waals surface area contributed by atoms with Crippen molar-refractivity contribution in [3.8, 4) is 0 Å². The van der Waals surface area contributed by atoms with Crippen LogP contribution in [0.4, 0.5) is 0 Å². The quantitative estimate of drug-likeness (QED) is 0.838. The molecule has 0 spiro atoms. The molecule has 1 amide bonds. The topological polar surface area (TPSA) is 83.7 Å². The van der Waals surface area contributed by atoms with Gasteiger partial charge in [-0.2, -0.15) is 16.9 Å². The van der Waals surface area contributed by atoms with E-state index in [0.29, 0.717) is 23.3 Å². The van der Waals surface area contributed by atoms with Gasteiger partial charge in [0.25, 0.3) is 5.91 Å². The third kappa shape index (κ3) is 3.11. The van der Waals surface area contributed by atoms with Gasteiger partial charge in [0.15, 0.2) is 0 Å². The average Bonchev–Trinajstić information content (AvgIpc) is 2.87. The van der Waals surface area contributed by atoms with E-state index in [1.54, 1.807) is 40.7 Å². The lowest BCUT2D eigenvalue weighted by atomic mass is 10.2. The summed E-state index contributed by atoms with van der Waals surface area (Å²) in [6, 6.07) is 4.49. The number of carbonyl (C=O) groups excluding carboxylic acids is 1. The van der Waals surface area contributed by atoms with Crippen LogP contribution in [0, 0.1) is 0 Å². The number of carbonyl (C=O) groups is 2. The highest BCUT2D eigenvalue weighted by Gasteiger charge is 2.21. The second-order valence-electron chi connectivity index (χ2n) is 4.23. The van der Waals surface area contributed by atoms with E-state index in [9.17, 15) is 9.59 Å². The first-order valence-corrected chi connectivity index (χ1v) is 7.48. The highest BCUT2D eigenvalue weighted by molar-refractivity contribution is 7.98. The highest BCUT2D eigenvalue weighted by Crippen LogP contribution is 2.10. The van der Waals surface area contributed by atoms with Gasteiger partial charge in [-0.1, -0.05) is 6.07 Å². The molecule has 0 unspecified atom stereocenters. The van der Waals surface area contributed by atoms with Crippen LogP contribution >= 0.6 is 11.8 Å². The van der Waals surface area contributed by atoms with Gasteiger partial charge in [0, 0.05) is 6.20 Å². The first kappa shape index (κ1) is 14.4. The molecule has 2 aromatic heterocycles. The van der Waals surface area contributed by atoms with Crippen LogP contribution in [-0.2, 0) is 4.79 Å². The number of thioether (sulfide) groups is 1. The molecule has 1 atom stereocenters. The van der Waals surface area contributed by atoms with Crippen molar-refractivity contribution in [3.05, 3.63) is 36.2 Å². The Balaban J connectivity index is 2.16. The molecule has 0 aliphatic heterocycles. The standard InChI is InChI=1S/C13H15N3O3S/c1-20-7-5-10(13(18)19)15-12(17)9-8-14-16-6-3-2-4-11(9)16/h2-4,6,8,10H,5,7H2,1H3,(H,15,17)(H,18,19)/t10-/m1/s1. The van der Waals surface area contributed by atoms with Crippen molar-refractivity contribution >= 4 is 29.2 Å². The van der Waals surface area contributed by atoms with E-state index in [2.05, 4.69) is 10.4 Å². The molecule has 0 saturated carbocycles. The summed E-state index contributed by atoms with van der Waals surface area (Å²) >= 11 is 1.54. The zero-order valence-electron chi connectivity index (χ0n) is 10.9. The summed E-state index contributed by atoms with van der Waals surface area (Å²) in [5, 5.41) is 15.7. The van der Waals surface area contributed by atoms with Crippen molar-refractivity contribution in [2.75, 3.05) is 12.0 Å². The third-order valence-electron chi connectivity index (χ3n) is 2.89. The maximum absolute atomic E-state index is 12.2. The van der Waals surface area contributed by atoms with Crippen LogP contribution in [0.3, 0.4) is 0 Å². The Bertz CT molecular complexity index is 626. The van der Waals surface area contributed by atoms with Gasteiger partial charge in [-0.25, -0.2) is 9.31 Å².